The topological polar surface area (TPSA) is 12.0 Å². The molecule has 0 bridgehead atoms. The Labute approximate surface area is 130 Å². The first kappa shape index (κ1) is 15.9. The number of benzene rings is 2. The molecule has 112 valence electrons. The van der Waals surface area contributed by atoms with Gasteiger partial charge in [-0.2, -0.15) is 13.2 Å². The van der Waals surface area contributed by atoms with Gasteiger partial charge in [-0.05, 0) is 43.2 Å². The molecule has 21 heavy (non-hydrogen) atoms. The number of alkyl halides is 3. The molecule has 0 fully saturated rings. The van der Waals surface area contributed by atoms with Gasteiger partial charge in [-0.1, -0.05) is 40.2 Å². The van der Waals surface area contributed by atoms with Gasteiger partial charge in [0.1, 0.15) is 0 Å². The Morgan fingerprint density at radius 3 is 2.38 bits per heavy atom. The number of rotatable bonds is 3. The molecule has 0 saturated carbocycles. The molecule has 0 heterocycles. The molecule has 1 atom stereocenters. The van der Waals surface area contributed by atoms with Gasteiger partial charge in [0, 0.05) is 16.2 Å². The van der Waals surface area contributed by atoms with E-state index < -0.39 is 11.7 Å². The Morgan fingerprint density at radius 1 is 1.10 bits per heavy atom. The lowest BCUT2D eigenvalue weighted by molar-refractivity contribution is -0.138. The van der Waals surface area contributed by atoms with E-state index in [2.05, 4.69) is 21.2 Å². The summed E-state index contributed by atoms with van der Waals surface area (Å²) in [7, 11) is 0. The van der Waals surface area contributed by atoms with Gasteiger partial charge in [-0.15, -0.1) is 0 Å². The zero-order valence-electron chi connectivity index (χ0n) is 11.6. The first-order chi connectivity index (χ1) is 9.79. The van der Waals surface area contributed by atoms with E-state index in [-0.39, 0.29) is 11.6 Å². The van der Waals surface area contributed by atoms with Crippen molar-refractivity contribution < 1.29 is 13.2 Å². The number of nitrogens with one attached hydrogen (secondary N) is 1. The molecular formula is C16H15BrF3N. The molecule has 0 spiro atoms. The van der Waals surface area contributed by atoms with Crippen LogP contribution in [0.25, 0.3) is 0 Å². The lowest BCUT2D eigenvalue weighted by atomic mass is 10.1. The van der Waals surface area contributed by atoms with Crippen LogP contribution in [0.1, 0.15) is 29.7 Å². The summed E-state index contributed by atoms with van der Waals surface area (Å²) in [6.45, 7) is 3.37. The summed E-state index contributed by atoms with van der Waals surface area (Å²) < 4.78 is 39.7. The Hall–Kier alpha value is -1.49. The van der Waals surface area contributed by atoms with Crippen LogP contribution in [0.3, 0.4) is 0 Å². The van der Waals surface area contributed by atoms with Crippen molar-refractivity contribution in [2.24, 2.45) is 0 Å². The summed E-state index contributed by atoms with van der Waals surface area (Å²) >= 11 is 3.45. The minimum absolute atomic E-state index is 0.107. The molecule has 2 rings (SSSR count). The van der Waals surface area contributed by atoms with Crippen LogP contribution >= 0.6 is 15.9 Å². The van der Waals surface area contributed by atoms with E-state index in [0.29, 0.717) is 5.69 Å². The summed E-state index contributed by atoms with van der Waals surface area (Å²) in [4.78, 5) is 0. The summed E-state index contributed by atoms with van der Waals surface area (Å²) in [5.41, 5.74) is 1.07. The number of hydrogen-bond acceptors (Lipinski definition) is 1. The predicted molar refractivity (Wildman–Crippen MR) is 82.4 cm³/mol. The maximum Gasteiger partial charge on any atom is 0.416 e. The second-order valence-corrected chi connectivity index (χ2v) is 5.77. The molecule has 0 aliphatic carbocycles. The van der Waals surface area contributed by atoms with Gasteiger partial charge >= 0.3 is 6.18 Å². The fourth-order valence-corrected chi connectivity index (χ4v) is 2.80. The maximum atomic E-state index is 12.9. The van der Waals surface area contributed by atoms with Gasteiger partial charge in [0.05, 0.1) is 5.56 Å². The minimum atomic E-state index is -4.33. The normalized spacial score (nSPS) is 13.0. The first-order valence-electron chi connectivity index (χ1n) is 6.48. The fraction of sp³-hybridized carbons (Fsp3) is 0.250. The van der Waals surface area contributed by atoms with Crippen molar-refractivity contribution in [3.63, 3.8) is 0 Å². The van der Waals surface area contributed by atoms with Crippen LogP contribution in [0.5, 0.6) is 0 Å². The minimum Gasteiger partial charge on any atom is -0.378 e. The summed E-state index contributed by atoms with van der Waals surface area (Å²) in [6, 6.07) is 11.8. The van der Waals surface area contributed by atoms with Crippen molar-refractivity contribution in [2.75, 3.05) is 5.32 Å². The quantitative estimate of drug-likeness (QED) is 0.715. The number of hydrogen-bond donors (Lipinski definition) is 1. The highest BCUT2D eigenvalue weighted by molar-refractivity contribution is 9.10. The Bertz CT molecular complexity index is 638. The Morgan fingerprint density at radius 2 is 1.76 bits per heavy atom. The SMILES string of the molecule is Cc1ccc(NC(C)c2ccccc2Br)cc1C(F)(F)F. The second-order valence-electron chi connectivity index (χ2n) is 4.91. The maximum absolute atomic E-state index is 12.9. The highest BCUT2D eigenvalue weighted by atomic mass is 79.9. The lowest BCUT2D eigenvalue weighted by Crippen LogP contribution is -2.11. The van der Waals surface area contributed by atoms with Crippen molar-refractivity contribution >= 4 is 21.6 Å². The zero-order chi connectivity index (χ0) is 15.6. The van der Waals surface area contributed by atoms with Gasteiger partial charge < -0.3 is 5.32 Å². The first-order valence-corrected chi connectivity index (χ1v) is 7.27. The summed E-state index contributed by atoms with van der Waals surface area (Å²) in [5, 5.41) is 3.11. The Kier molecular flexibility index (Phi) is 4.61. The molecule has 1 N–H and O–H groups in total. The molecule has 2 aromatic rings. The van der Waals surface area contributed by atoms with Crippen molar-refractivity contribution in [1.29, 1.82) is 0 Å². The molecule has 0 radical (unpaired) electrons. The number of halogens is 4. The molecule has 1 unspecified atom stereocenters. The second kappa shape index (κ2) is 6.10. The number of aryl methyl sites for hydroxylation is 1. The summed E-state index contributed by atoms with van der Waals surface area (Å²) in [5.74, 6) is 0. The molecular weight excluding hydrogens is 343 g/mol. The third-order valence-corrected chi connectivity index (χ3v) is 4.02. The standard InChI is InChI=1S/C16H15BrF3N/c1-10-7-8-12(9-14(10)16(18,19)20)21-11(2)13-5-3-4-6-15(13)17/h3-9,11,21H,1-2H3. The van der Waals surface area contributed by atoms with Crippen LogP contribution in [-0.4, -0.2) is 0 Å². The van der Waals surface area contributed by atoms with Crippen LogP contribution < -0.4 is 5.32 Å². The van der Waals surface area contributed by atoms with E-state index in [1.54, 1.807) is 6.07 Å². The van der Waals surface area contributed by atoms with Gasteiger partial charge in [0.2, 0.25) is 0 Å². The van der Waals surface area contributed by atoms with Crippen LogP contribution in [-0.2, 0) is 6.18 Å². The largest absolute Gasteiger partial charge is 0.416 e. The molecule has 0 aliphatic heterocycles. The number of anilines is 1. The average molecular weight is 358 g/mol. The molecule has 0 aliphatic rings. The Balaban J connectivity index is 2.26. The van der Waals surface area contributed by atoms with Gasteiger partial charge in [-0.25, -0.2) is 0 Å². The van der Waals surface area contributed by atoms with Crippen molar-refractivity contribution in [3.8, 4) is 0 Å². The monoisotopic (exact) mass is 357 g/mol. The van der Waals surface area contributed by atoms with Gasteiger partial charge in [-0.3, -0.25) is 0 Å². The van der Waals surface area contributed by atoms with E-state index in [9.17, 15) is 13.2 Å². The van der Waals surface area contributed by atoms with E-state index >= 15 is 0 Å². The molecule has 2 aromatic carbocycles. The van der Waals surface area contributed by atoms with Gasteiger partial charge in [0.25, 0.3) is 0 Å². The lowest BCUT2D eigenvalue weighted by Gasteiger charge is -2.19. The zero-order valence-corrected chi connectivity index (χ0v) is 13.2. The van der Waals surface area contributed by atoms with Gasteiger partial charge in [0.15, 0.2) is 0 Å². The molecule has 1 nitrogen and oxygen atoms in total. The third-order valence-electron chi connectivity index (χ3n) is 3.30. The van der Waals surface area contributed by atoms with E-state index in [1.807, 2.05) is 31.2 Å². The smallest absolute Gasteiger partial charge is 0.378 e. The van der Waals surface area contributed by atoms with Crippen LogP contribution in [0.4, 0.5) is 18.9 Å². The predicted octanol–water partition coefficient (Wildman–Crippen LogP) is 5.95. The van der Waals surface area contributed by atoms with E-state index in [4.69, 9.17) is 0 Å². The van der Waals surface area contributed by atoms with Crippen LogP contribution in [0.2, 0.25) is 0 Å². The fourth-order valence-electron chi connectivity index (χ4n) is 2.17. The molecule has 0 amide bonds. The van der Waals surface area contributed by atoms with Crippen molar-refractivity contribution in [3.05, 3.63) is 63.6 Å². The highest BCUT2D eigenvalue weighted by Gasteiger charge is 2.32. The van der Waals surface area contributed by atoms with E-state index in [1.165, 1.54) is 13.0 Å². The van der Waals surface area contributed by atoms with Crippen LogP contribution in [0.15, 0.2) is 46.9 Å². The molecule has 5 heteroatoms. The highest BCUT2D eigenvalue weighted by Crippen LogP contribution is 2.34. The van der Waals surface area contributed by atoms with Crippen molar-refractivity contribution in [1.82, 2.24) is 0 Å². The molecule has 0 saturated heterocycles. The molecule has 0 aromatic heterocycles. The van der Waals surface area contributed by atoms with E-state index in [0.717, 1.165) is 16.1 Å². The summed E-state index contributed by atoms with van der Waals surface area (Å²) in [6.07, 6.45) is -4.33. The van der Waals surface area contributed by atoms with Crippen LogP contribution in [0, 0.1) is 6.92 Å². The third kappa shape index (κ3) is 3.79. The van der Waals surface area contributed by atoms with Crippen molar-refractivity contribution in [2.45, 2.75) is 26.1 Å². The average Bonchev–Trinajstić information content (AvgIpc) is 2.40.